The Labute approximate surface area is 157 Å². The Morgan fingerprint density at radius 1 is 1.12 bits per heavy atom. The Morgan fingerprint density at radius 3 is 2.54 bits per heavy atom. The molecule has 7 heteroatoms. The number of anilines is 1. The van der Waals surface area contributed by atoms with Crippen LogP contribution in [-0.2, 0) is 9.47 Å². The summed E-state index contributed by atoms with van der Waals surface area (Å²) >= 11 is 0. The van der Waals surface area contributed by atoms with Crippen LogP contribution in [0.4, 0.5) is 5.82 Å². The van der Waals surface area contributed by atoms with Crippen molar-refractivity contribution in [3.05, 3.63) is 24.4 Å². The third kappa shape index (κ3) is 7.17. The molecule has 0 bridgehead atoms. The van der Waals surface area contributed by atoms with Crippen molar-refractivity contribution in [2.75, 3.05) is 71.1 Å². The van der Waals surface area contributed by atoms with Gasteiger partial charge in [-0.05, 0) is 18.6 Å². The van der Waals surface area contributed by atoms with E-state index in [-0.39, 0.29) is 0 Å². The lowest BCUT2D eigenvalue weighted by atomic mass is 10.3. The fourth-order valence-corrected chi connectivity index (χ4v) is 2.82. The van der Waals surface area contributed by atoms with Gasteiger partial charge in [0.2, 0.25) is 0 Å². The molecular weight excluding hydrogens is 330 g/mol. The fraction of sp³-hybridized carbons (Fsp3) is 0.684. The quantitative estimate of drug-likeness (QED) is 0.387. The maximum Gasteiger partial charge on any atom is 0.193 e. The van der Waals surface area contributed by atoms with Gasteiger partial charge >= 0.3 is 0 Å². The zero-order valence-corrected chi connectivity index (χ0v) is 16.2. The van der Waals surface area contributed by atoms with Crippen LogP contribution in [-0.4, -0.2) is 82.0 Å². The van der Waals surface area contributed by atoms with E-state index in [1.165, 1.54) is 6.42 Å². The molecule has 2 heterocycles. The summed E-state index contributed by atoms with van der Waals surface area (Å²) in [4.78, 5) is 13.4. The number of aliphatic imine (C=N–C) groups is 1. The summed E-state index contributed by atoms with van der Waals surface area (Å²) in [5.41, 5.74) is 0. The number of ether oxygens (including phenoxy) is 2. The monoisotopic (exact) mass is 363 g/mol. The molecule has 0 radical (unpaired) electrons. The zero-order valence-electron chi connectivity index (χ0n) is 16.2. The van der Waals surface area contributed by atoms with Gasteiger partial charge in [-0.2, -0.15) is 0 Å². The Bertz CT molecular complexity index is 504. The second-order valence-electron chi connectivity index (χ2n) is 6.21. The summed E-state index contributed by atoms with van der Waals surface area (Å²) in [6.45, 7) is 9.48. The van der Waals surface area contributed by atoms with E-state index in [1.54, 1.807) is 0 Å². The highest BCUT2D eigenvalue weighted by Crippen LogP contribution is 2.12. The minimum Gasteiger partial charge on any atom is -0.379 e. The van der Waals surface area contributed by atoms with Gasteiger partial charge in [0, 0.05) is 52.6 Å². The number of guanidine groups is 1. The van der Waals surface area contributed by atoms with Crippen LogP contribution in [0.2, 0.25) is 0 Å². The highest BCUT2D eigenvalue weighted by molar-refractivity contribution is 5.80. The van der Waals surface area contributed by atoms with Crippen molar-refractivity contribution in [2.24, 2.45) is 4.99 Å². The summed E-state index contributed by atoms with van der Waals surface area (Å²) in [5, 5.41) is 3.38. The van der Waals surface area contributed by atoms with Crippen molar-refractivity contribution in [2.45, 2.75) is 19.8 Å². The summed E-state index contributed by atoms with van der Waals surface area (Å²) in [6.07, 6.45) is 4.13. The molecule has 0 amide bonds. The SMILES string of the molecule is CCCCOCCOCCNC(=NC)N1CCN(c2ccccn2)CC1. The van der Waals surface area contributed by atoms with Gasteiger partial charge in [0.05, 0.1) is 19.8 Å². The molecule has 1 fully saturated rings. The van der Waals surface area contributed by atoms with E-state index < -0.39 is 0 Å². The molecule has 1 saturated heterocycles. The van der Waals surface area contributed by atoms with Crippen LogP contribution < -0.4 is 10.2 Å². The number of rotatable bonds is 10. The predicted molar refractivity (Wildman–Crippen MR) is 106 cm³/mol. The molecule has 0 unspecified atom stereocenters. The topological polar surface area (TPSA) is 62.2 Å². The first-order chi connectivity index (χ1) is 12.8. The Morgan fingerprint density at radius 2 is 1.88 bits per heavy atom. The number of piperazine rings is 1. The van der Waals surface area contributed by atoms with Crippen molar-refractivity contribution < 1.29 is 9.47 Å². The number of hydrogen-bond acceptors (Lipinski definition) is 5. The molecule has 0 atom stereocenters. The molecule has 146 valence electrons. The highest BCUT2D eigenvalue weighted by atomic mass is 16.5. The lowest BCUT2D eigenvalue weighted by Gasteiger charge is -2.37. The largest absolute Gasteiger partial charge is 0.379 e. The normalized spacial score (nSPS) is 15.4. The number of nitrogens with zero attached hydrogens (tertiary/aromatic N) is 4. The number of pyridine rings is 1. The standard InChI is InChI=1S/C19H33N5O2/c1-3-4-14-25-16-17-26-15-9-22-19(20-2)24-12-10-23(11-13-24)18-7-5-6-8-21-18/h5-8H,3-4,9-17H2,1-2H3,(H,20,22). The second kappa shape index (κ2) is 12.5. The van der Waals surface area contributed by atoms with Gasteiger partial charge in [0.1, 0.15) is 5.82 Å². The molecule has 7 nitrogen and oxygen atoms in total. The van der Waals surface area contributed by atoms with Crippen LogP contribution in [0.1, 0.15) is 19.8 Å². The molecule has 1 N–H and O–H groups in total. The minimum atomic E-state index is 0.646. The third-order valence-corrected chi connectivity index (χ3v) is 4.31. The maximum atomic E-state index is 5.59. The first-order valence-electron chi connectivity index (χ1n) is 9.62. The lowest BCUT2D eigenvalue weighted by molar-refractivity contribution is 0.0486. The molecule has 0 aliphatic carbocycles. The molecule has 1 aromatic heterocycles. The van der Waals surface area contributed by atoms with Crippen molar-refractivity contribution in [1.29, 1.82) is 0 Å². The average Bonchev–Trinajstić information content (AvgIpc) is 2.70. The fourth-order valence-electron chi connectivity index (χ4n) is 2.82. The summed E-state index contributed by atoms with van der Waals surface area (Å²) in [5.74, 6) is 1.98. The number of nitrogens with one attached hydrogen (secondary N) is 1. The van der Waals surface area contributed by atoms with E-state index in [1.807, 2.05) is 25.4 Å². The van der Waals surface area contributed by atoms with Crippen LogP contribution in [0.25, 0.3) is 0 Å². The van der Waals surface area contributed by atoms with Gasteiger partial charge < -0.3 is 24.6 Å². The number of aromatic nitrogens is 1. The molecule has 0 spiro atoms. The van der Waals surface area contributed by atoms with Crippen molar-refractivity contribution in [1.82, 2.24) is 15.2 Å². The first-order valence-corrected chi connectivity index (χ1v) is 9.62. The molecule has 26 heavy (non-hydrogen) atoms. The first kappa shape index (κ1) is 20.5. The Kier molecular flexibility index (Phi) is 9.82. The number of hydrogen-bond donors (Lipinski definition) is 1. The van der Waals surface area contributed by atoms with Crippen molar-refractivity contribution >= 4 is 11.8 Å². The minimum absolute atomic E-state index is 0.646. The van der Waals surface area contributed by atoms with Gasteiger partial charge in [0.15, 0.2) is 5.96 Å². The van der Waals surface area contributed by atoms with E-state index in [4.69, 9.17) is 9.47 Å². The van der Waals surface area contributed by atoms with Crippen molar-refractivity contribution in [3.8, 4) is 0 Å². The van der Waals surface area contributed by atoms with Crippen LogP contribution >= 0.6 is 0 Å². The molecule has 2 rings (SSSR count). The molecule has 1 aliphatic heterocycles. The highest BCUT2D eigenvalue weighted by Gasteiger charge is 2.20. The van der Waals surface area contributed by atoms with Gasteiger partial charge in [0.25, 0.3) is 0 Å². The van der Waals surface area contributed by atoms with Gasteiger partial charge in [-0.25, -0.2) is 4.98 Å². The van der Waals surface area contributed by atoms with E-state index in [0.29, 0.717) is 19.8 Å². The Balaban J connectivity index is 1.58. The maximum absolute atomic E-state index is 5.59. The smallest absolute Gasteiger partial charge is 0.193 e. The molecule has 1 aromatic rings. The van der Waals surface area contributed by atoms with E-state index in [0.717, 1.165) is 57.5 Å². The second-order valence-corrected chi connectivity index (χ2v) is 6.21. The van der Waals surface area contributed by atoms with Gasteiger partial charge in [-0.15, -0.1) is 0 Å². The average molecular weight is 364 g/mol. The lowest BCUT2D eigenvalue weighted by Crippen LogP contribution is -2.53. The molecule has 0 saturated carbocycles. The van der Waals surface area contributed by atoms with Crippen LogP contribution in [0.5, 0.6) is 0 Å². The van der Waals surface area contributed by atoms with E-state index in [2.05, 4.69) is 38.1 Å². The molecular formula is C19H33N5O2. The molecule has 1 aliphatic rings. The van der Waals surface area contributed by atoms with Crippen LogP contribution in [0.15, 0.2) is 29.4 Å². The van der Waals surface area contributed by atoms with E-state index in [9.17, 15) is 0 Å². The van der Waals surface area contributed by atoms with Crippen LogP contribution in [0, 0.1) is 0 Å². The summed E-state index contributed by atoms with van der Waals surface area (Å²) < 4.78 is 11.1. The van der Waals surface area contributed by atoms with Gasteiger partial charge in [-0.1, -0.05) is 19.4 Å². The van der Waals surface area contributed by atoms with E-state index >= 15 is 0 Å². The summed E-state index contributed by atoms with van der Waals surface area (Å²) in [7, 11) is 1.83. The number of unbranched alkanes of at least 4 members (excludes halogenated alkanes) is 1. The Hall–Kier alpha value is -1.86. The third-order valence-electron chi connectivity index (χ3n) is 4.31. The summed E-state index contributed by atoms with van der Waals surface area (Å²) in [6, 6.07) is 6.04. The molecule has 0 aromatic carbocycles. The van der Waals surface area contributed by atoms with Crippen molar-refractivity contribution in [3.63, 3.8) is 0 Å². The zero-order chi connectivity index (χ0) is 18.5. The van der Waals surface area contributed by atoms with Gasteiger partial charge in [-0.3, -0.25) is 4.99 Å². The van der Waals surface area contributed by atoms with Crippen LogP contribution in [0.3, 0.4) is 0 Å². The predicted octanol–water partition coefficient (Wildman–Crippen LogP) is 1.61.